The Kier molecular flexibility index (Phi) is 6.62. The predicted molar refractivity (Wildman–Crippen MR) is 98.1 cm³/mol. The molecule has 0 radical (unpaired) electrons. The number of rotatable bonds is 5. The molecule has 1 heterocycles. The molecule has 1 fully saturated rings. The maximum atomic E-state index is 11.9. The number of allylic oxidation sites excluding steroid dienone is 1. The van der Waals surface area contributed by atoms with Crippen molar-refractivity contribution in [3.8, 4) is 5.75 Å². The van der Waals surface area contributed by atoms with Crippen LogP contribution in [0.2, 0.25) is 0 Å². The van der Waals surface area contributed by atoms with Crippen molar-refractivity contribution in [1.29, 1.82) is 0 Å². The summed E-state index contributed by atoms with van der Waals surface area (Å²) in [5.74, 6) is -0.161. The molecule has 0 saturated carbocycles. The van der Waals surface area contributed by atoms with Crippen LogP contribution in [0.25, 0.3) is 5.57 Å². The van der Waals surface area contributed by atoms with E-state index in [0.717, 1.165) is 18.7 Å². The van der Waals surface area contributed by atoms with Crippen molar-refractivity contribution >= 4 is 29.7 Å². The van der Waals surface area contributed by atoms with Gasteiger partial charge in [0.2, 0.25) is 0 Å². The summed E-state index contributed by atoms with van der Waals surface area (Å²) in [6.45, 7) is 3.96. The molecule has 6 heteroatoms. The summed E-state index contributed by atoms with van der Waals surface area (Å²) >= 11 is 0. The number of hydrogen-bond acceptors (Lipinski definition) is 5. The van der Waals surface area contributed by atoms with Gasteiger partial charge in [0.25, 0.3) is 0 Å². The fraction of sp³-hybridized carbons (Fsp3) is 0.474. The first-order valence-electron chi connectivity index (χ1n) is 8.40. The number of ether oxygens (including phenoxy) is 2. The Balaban J connectivity index is 0.00000225. The van der Waals surface area contributed by atoms with Crippen LogP contribution < -0.4 is 4.74 Å². The highest BCUT2D eigenvalue weighted by Gasteiger charge is 2.33. The Morgan fingerprint density at radius 2 is 2.20 bits per heavy atom. The Labute approximate surface area is 154 Å². The third-order valence-electron chi connectivity index (χ3n) is 4.71. The van der Waals surface area contributed by atoms with Crippen molar-refractivity contribution in [2.75, 3.05) is 33.4 Å². The van der Waals surface area contributed by atoms with Gasteiger partial charge in [-0.15, -0.1) is 12.4 Å². The van der Waals surface area contributed by atoms with E-state index in [0.29, 0.717) is 26.1 Å². The molecule has 1 aromatic carbocycles. The van der Waals surface area contributed by atoms with Crippen LogP contribution in [0, 0.1) is 5.92 Å². The summed E-state index contributed by atoms with van der Waals surface area (Å²) in [6.07, 6.45) is 3.57. The molecule has 1 aliphatic carbocycles. The number of likely N-dealkylation sites (tertiary alicyclic amines) is 1. The number of hydrogen-bond donors (Lipinski definition) is 0. The van der Waals surface area contributed by atoms with Crippen molar-refractivity contribution in [2.45, 2.75) is 19.8 Å². The Morgan fingerprint density at radius 3 is 2.92 bits per heavy atom. The van der Waals surface area contributed by atoms with Crippen LogP contribution in [0.3, 0.4) is 0 Å². The Hall–Kier alpha value is -1.85. The van der Waals surface area contributed by atoms with E-state index in [9.17, 15) is 9.59 Å². The van der Waals surface area contributed by atoms with E-state index in [1.165, 1.54) is 16.7 Å². The van der Waals surface area contributed by atoms with Gasteiger partial charge >= 0.3 is 5.97 Å². The van der Waals surface area contributed by atoms with Crippen LogP contribution in [0.15, 0.2) is 24.3 Å². The highest BCUT2D eigenvalue weighted by molar-refractivity contribution is 5.99. The van der Waals surface area contributed by atoms with Gasteiger partial charge in [-0.1, -0.05) is 12.1 Å². The largest absolute Gasteiger partial charge is 0.497 e. The van der Waals surface area contributed by atoms with Gasteiger partial charge in [-0.25, -0.2) is 0 Å². The number of nitrogens with zero attached hydrogens (tertiary/aromatic N) is 1. The van der Waals surface area contributed by atoms with Crippen LogP contribution in [0.1, 0.15) is 24.5 Å². The minimum Gasteiger partial charge on any atom is -0.497 e. The van der Waals surface area contributed by atoms with E-state index in [4.69, 9.17) is 9.47 Å². The maximum Gasteiger partial charge on any atom is 0.317 e. The number of methoxy groups -OCH3 is 1. The van der Waals surface area contributed by atoms with Gasteiger partial charge in [-0.05, 0) is 42.2 Å². The zero-order chi connectivity index (χ0) is 17.1. The molecule has 1 saturated heterocycles. The standard InChI is InChI=1S/C19H23NO4.ClH/c1-3-24-19(22)17-12-20(9-7-18(17)21)8-6-14-10-13-4-5-15(23-2)11-16(13)14;/h4-6,11,17H,3,7-10,12H2,1-2H3;1H. The number of ketones is 1. The molecule has 0 aromatic heterocycles. The summed E-state index contributed by atoms with van der Waals surface area (Å²) in [4.78, 5) is 26.0. The molecule has 3 rings (SSSR count). The van der Waals surface area contributed by atoms with Gasteiger partial charge in [0, 0.05) is 26.1 Å². The molecule has 0 spiro atoms. The minimum absolute atomic E-state index is 0. The number of Topliss-reactive ketones (excluding diaryl/α,β-unsaturated/α-hetero) is 1. The van der Waals surface area contributed by atoms with E-state index >= 15 is 0 Å². The molecule has 0 bridgehead atoms. The molecule has 25 heavy (non-hydrogen) atoms. The number of carbonyl (C=O) groups excluding carboxylic acids is 2. The average Bonchev–Trinajstić information content (AvgIpc) is 2.57. The quantitative estimate of drug-likeness (QED) is 0.592. The van der Waals surface area contributed by atoms with Gasteiger partial charge in [0.1, 0.15) is 17.5 Å². The molecular weight excluding hydrogens is 342 g/mol. The third kappa shape index (κ3) is 4.22. The SMILES string of the molecule is CCOC(=O)C1CN(CC=C2Cc3ccc(OC)cc32)CCC1=O.Cl. The summed E-state index contributed by atoms with van der Waals surface area (Å²) in [6, 6.07) is 6.14. The highest BCUT2D eigenvalue weighted by atomic mass is 35.5. The van der Waals surface area contributed by atoms with E-state index in [2.05, 4.69) is 23.1 Å². The molecule has 1 atom stereocenters. The zero-order valence-electron chi connectivity index (χ0n) is 14.6. The monoisotopic (exact) mass is 365 g/mol. The summed E-state index contributed by atoms with van der Waals surface area (Å²) < 4.78 is 10.3. The van der Waals surface area contributed by atoms with Crippen molar-refractivity contribution in [3.63, 3.8) is 0 Å². The van der Waals surface area contributed by atoms with Crippen LogP contribution in [0.5, 0.6) is 5.75 Å². The lowest BCUT2D eigenvalue weighted by Crippen LogP contribution is -2.44. The van der Waals surface area contributed by atoms with Gasteiger partial charge in [-0.3, -0.25) is 14.5 Å². The Bertz CT molecular complexity index is 686. The topological polar surface area (TPSA) is 55.8 Å². The normalized spacial score (nSPS) is 21.1. The van der Waals surface area contributed by atoms with Crippen LogP contribution >= 0.6 is 12.4 Å². The number of piperidine rings is 1. The first kappa shape index (κ1) is 19.5. The van der Waals surface area contributed by atoms with Crippen LogP contribution in [-0.2, 0) is 20.7 Å². The summed E-state index contributed by atoms with van der Waals surface area (Å²) in [7, 11) is 1.67. The lowest BCUT2D eigenvalue weighted by molar-refractivity contribution is -0.153. The molecule has 2 aliphatic rings. The number of benzene rings is 1. The molecular formula is C19H24ClNO4. The smallest absolute Gasteiger partial charge is 0.317 e. The van der Waals surface area contributed by atoms with E-state index in [1.54, 1.807) is 14.0 Å². The fourth-order valence-electron chi connectivity index (χ4n) is 3.26. The van der Waals surface area contributed by atoms with Gasteiger partial charge in [0.15, 0.2) is 0 Å². The molecule has 1 unspecified atom stereocenters. The van der Waals surface area contributed by atoms with Gasteiger partial charge in [0.05, 0.1) is 13.7 Å². The van der Waals surface area contributed by atoms with E-state index in [1.807, 2.05) is 6.07 Å². The first-order valence-corrected chi connectivity index (χ1v) is 8.40. The summed E-state index contributed by atoms with van der Waals surface area (Å²) in [5.41, 5.74) is 3.87. The molecule has 0 N–H and O–H groups in total. The van der Waals surface area contributed by atoms with Crippen LogP contribution in [0.4, 0.5) is 0 Å². The van der Waals surface area contributed by atoms with Crippen molar-refractivity contribution in [1.82, 2.24) is 4.90 Å². The van der Waals surface area contributed by atoms with Gasteiger partial charge in [-0.2, -0.15) is 0 Å². The zero-order valence-corrected chi connectivity index (χ0v) is 15.4. The third-order valence-corrected chi connectivity index (χ3v) is 4.71. The average molecular weight is 366 g/mol. The van der Waals surface area contributed by atoms with E-state index in [-0.39, 0.29) is 18.2 Å². The lowest BCUT2D eigenvalue weighted by atomic mass is 9.82. The predicted octanol–water partition coefficient (Wildman–Crippen LogP) is 2.51. The lowest BCUT2D eigenvalue weighted by Gasteiger charge is -2.31. The van der Waals surface area contributed by atoms with E-state index < -0.39 is 11.9 Å². The highest BCUT2D eigenvalue weighted by Crippen LogP contribution is 2.36. The minimum atomic E-state index is -0.633. The van der Waals surface area contributed by atoms with Crippen molar-refractivity contribution in [2.24, 2.45) is 5.92 Å². The number of fused-ring (bicyclic) bond motifs is 1. The van der Waals surface area contributed by atoms with Crippen molar-refractivity contribution in [3.05, 3.63) is 35.4 Å². The molecule has 0 amide bonds. The summed E-state index contributed by atoms with van der Waals surface area (Å²) in [5, 5.41) is 0. The number of esters is 1. The second kappa shape index (κ2) is 8.50. The molecule has 1 aliphatic heterocycles. The molecule has 5 nitrogen and oxygen atoms in total. The second-order valence-corrected chi connectivity index (χ2v) is 6.21. The molecule has 1 aromatic rings. The van der Waals surface area contributed by atoms with Crippen molar-refractivity contribution < 1.29 is 19.1 Å². The number of halogens is 1. The maximum absolute atomic E-state index is 11.9. The molecule has 136 valence electrons. The number of carbonyl (C=O) groups is 2. The second-order valence-electron chi connectivity index (χ2n) is 6.21. The van der Waals surface area contributed by atoms with Crippen LogP contribution in [-0.4, -0.2) is 50.0 Å². The Morgan fingerprint density at radius 1 is 1.40 bits per heavy atom. The first-order chi connectivity index (χ1) is 11.6. The fourth-order valence-corrected chi connectivity index (χ4v) is 3.26. The van der Waals surface area contributed by atoms with Gasteiger partial charge < -0.3 is 9.47 Å².